The van der Waals surface area contributed by atoms with Gasteiger partial charge in [-0.2, -0.15) is 0 Å². The minimum absolute atomic E-state index is 0. The molecule has 0 saturated carbocycles. The van der Waals surface area contributed by atoms with E-state index in [2.05, 4.69) is 30.1 Å². The van der Waals surface area contributed by atoms with Gasteiger partial charge >= 0.3 is 0 Å². The number of nitrogens with one attached hydrogen (secondary N) is 1. The van der Waals surface area contributed by atoms with Crippen LogP contribution in [0.15, 0.2) is 42.5 Å². The van der Waals surface area contributed by atoms with Crippen molar-refractivity contribution in [3.8, 4) is 0 Å². The Hall–Kier alpha value is -1.01. The van der Waals surface area contributed by atoms with Crippen LogP contribution in [0.25, 0.3) is 0 Å². The predicted octanol–water partition coefficient (Wildman–Crippen LogP) is 6.05. The van der Waals surface area contributed by atoms with Crippen molar-refractivity contribution < 1.29 is 4.79 Å². The van der Waals surface area contributed by atoms with Gasteiger partial charge in [0, 0.05) is 18.2 Å². The molecule has 0 radical (unpaired) electrons. The molecule has 1 fully saturated rings. The van der Waals surface area contributed by atoms with Crippen molar-refractivity contribution >= 4 is 53.9 Å². The van der Waals surface area contributed by atoms with Crippen LogP contribution in [0.3, 0.4) is 0 Å². The highest BCUT2D eigenvalue weighted by Crippen LogP contribution is 2.27. The lowest BCUT2D eigenvalue weighted by Gasteiger charge is -2.35. The summed E-state index contributed by atoms with van der Waals surface area (Å²) in [5, 5.41) is 4.50. The maximum absolute atomic E-state index is 12.8. The summed E-state index contributed by atoms with van der Waals surface area (Å²) in [5.74, 6) is 1.02. The summed E-state index contributed by atoms with van der Waals surface area (Å²) >= 11 is 12.2. The lowest BCUT2D eigenvalue weighted by Crippen LogP contribution is -2.48. The van der Waals surface area contributed by atoms with E-state index in [4.69, 9.17) is 28.9 Å². The van der Waals surface area contributed by atoms with Gasteiger partial charge in [-0.25, -0.2) is 0 Å². The van der Waals surface area contributed by atoms with Crippen molar-refractivity contribution in [3.63, 3.8) is 0 Å². The van der Waals surface area contributed by atoms with Gasteiger partial charge in [-0.3, -0.25) is 4.79 Å². The molecule has 0 aliphatic carbocycles. The number of hydrogen-bond acceptors (Lipinski definition) is 3. The summed E-state index contributed by atoms with van der Waals surface area (Å²) in [5.41, 5.74) is 8.73. The van der Waals surface area contributed by atoms with Gasteiger partial charge in [0.05, 0.1) is 10.0 Å². The lowest BCUT2D eigenvalue weighted by atomic mass is 9.89. The smallest absolute Gasteiger partial charge is 0.251 e. The topological polar surface area (TPSA) is 58.4 Å². The average Bonchev–Trinajstić information content (AvgIpc) is 2.77. The molecule has 0 unspecified atom stereocenters. The van der Waals surface area contributed by atoms with Crippen molar-refractivity contribution in [1.82, 2.24) is 10.2 Å². The fourth-order valence-corrected chi connectivity index (χ4v) is 4.64. The highest BCUT2D eigenvalue weighted by Gasteiger charge is 2.25. The molecule has 4 nitrogen and oxygen atoms in total. The van der Waals surface area contributed by atoms with Gasteiger partial charge in [0.25, 0.3) is 5.91 Å². The first-order chi connectivity index (χ1) is 15.4. The second-order valence-electron chi connectivity index (χ2n) is 9.26. The zero-order chi connectivity index (χ0) is 23.1. The normalized spacial score (nSPS) is 15.4. The summed E-state index contributed by atoms with van der Waals surface area (Å²) in [4.78, 5) is 15.3. The number of rotatable bonds is 9. The molecule has 3 rings (SSSR count). The van der Waals surface area contributed by atoms with Gasteiger partial charge in [-0.1, -0.05) is 55.2 Å². The molecule has 8 heteroatoms. The van der Waals surface area contributed by atoms with E-state index in [1.165, 1.54) is 5.56 Å². The predicted molar refractivity (Wildman–Crippen MR) is 149 cm³/mol. The molecule has 1 aliphatic rings. The van der Waals surface area contributed by atoms with Crippen molar-refractivity contribution in [2.75, 3.05) is 26.2 Å². The van der Waals surface area contributed by atoms with Crippen molar-refractivity contribution in [1.29, 1.82) is 0 Å². The molecule has 0 aromatic heterocycles. The van der Waals surface area contributed by atoms with Gasteiger partial charge in [0.2, 0.25) is 0 Å². The second kappa shape index (κ2) is 15.2. The molecule has 1 aliphatic heterocycles. The van der Waals surface area contributed by atoms with Crippen LogP contribution in [0.4, 0.5) is 0 Å². The SMILES string of the molecule is CC(C)[C@@H](CN1CCC(Cc2ccc(Cl)c(Cl)c2)CC1)NC(=O)c1ccc(CCN)cc1.Cl.Cl. The number of hydrogen-bond donors (Lipinski definition) is 2. The molecular formula is C26H37Cl4N3O. The number of carbonyl (C=O) groups excluding carboxylic acids is 1. The molecule has 1 heterocycles. The molecule has 0 spiro atoms. The van der Waals surface area contributed by atoms with Gasteiger partial charge < -0.3 is 16.0 Å². The fraction of sp³-hybridized carbons (Fsp3) is 0.500. The Balaban J connectivity index is 0.00000289. The summed E-state index contributed by atoms with van der Waals surface area (Å²) in [6, 6.07) is 13.8. The van der Waals surface area contributed by atoms with Crippen LogP contribution in [0, 0.1) is 11.8 Å². The molecule has 1 saturated heterocycles. The molecule has 2 aromatic rings. The molecule has 1 atom stereocenters. The van der Waals surface area contributed by atoms with Crippen molar-refractivity contribution in [2.24, 2.45) is 17.6 Å². The highest BCUT2D eigenvalue weighted by molar-refractivity contribution is 6.42. The Morgan fingerprint density at radius 3 is 2.21 bits per heavy atom. The van der Waals surface area contributed by atoms with E-state index in [9.17, 15) is 4.79 Å². The molecule has 190 valence electrons. The van der Waals surface area contributed by atoms with Gasteiger partial charge in [-0.05, 0) is 92.5 Å². The van der Waals surface area contributed by atoms with Crippen molar-refractivity contribution in [2.45, 2.75) is 45.6 Å². The van der Waals surface area contributed by atoms with Crippen LogP contribution in [0.2, 0.25) is 10.0 Å². The van der Waals surface area contributed by atoms with Gasteiger partial charge in [0.1, 0.15) is 0 Å². The average molecular weight is 549 g/mol. The van der Waals surface area contributed by atoms with E-state index in [0.29, 0.717) is 34.0 Å². The van der Waals surface area contributed by atoms with Crippen LogP contribution >= 0.6 is 48.0 Å². The molecule has 3 N–H and O–H groups in total. The number of carbonyl (C=O) groups is 1. The van der Waals surface area contributed by atoms with E-state index < -0.39 is 0 Å². The molecule has 0 bridgehead atoms. The van der Waals surface area contributed by atoms with Crippen LogP contribution in [-0.2, 0) is 12.8 Å². The van der Waals surface area contributed by atoms with E-state index >= 15 is 0 Å². The number of halogens is 4. The standard InChI is InChI=1S/C26H35Cl2N3O.2ClH/c1-18(2)25(30-26(32)22-6-3-19(4-7-22)9-12-29)17-31-13-10-20(11-14-31)15-21-5-8-23(27)24(28)16-21;;/h3-8,16,18,20,25H,9-15,17,29H2,1-2H3,(H,30,32);2*1H/t25-;;/m1../s1. The fourth-order valence-electron chi connectivity index (χ4n) is 4.32. The van der Waals surface area contributed by atoms with E-state index in [-0.39, 0.29) is 36.8 Å². The zero-order valence-electron chi connectivity index (χ0n) is 19.9. The van der Waals surface area contributed by atoms with E-state index in [0.717, 1.165) is 50.9 Å². The summed E-state index contributed by atoms with van der Waals surface area (Å²) < 4.78 is 0. The number of benzene rings is 2. The summed E-state index contributed by atoms with van der Waals surface area (Å²) in [7, 11) is 0. The van der Waals surface area contributed by atoms with E-state index in [1.54, 1.807) is 0 Å². The minimum Gasteiger partial charge on any atom is -0.348 e. The van der Waals surface area contributed by atoms with Crippen LogP contribution in [0.1, 0.15) is 48.2 Å². The number of piperidine rings is 1. The number of nitrogens with zero attached hydrogens (tertiary/aromatic N) is 1. The second-order valence-corrected chi connectivity index (χ2v) is 10.1. The lowest BCUT2D eigenvalue weighted by molar-refractivity contribution is 0.0893. The third-order valence-electron chi connectivity index (χ3n) is 6.44. The quantitative estimate of drug-likeness (QED) is 0.401. The first kappa shape index (κ1) is 31.0. The van der Waals surface area contributed by atoms with Crippen LogP contribution in [-0.4, -0.2) is 43.0 Å². The number of amides is 1. The summed E-state index contributed by atoms with van der Waals surface area (Å²) in [6.45, 7) is 7.95. The Morgan fingerprint density at radius 2 is 1.65 bits per heavy atom. The molecule has 1 amide bonds. The first-order valence-corrected chi connectivity index (χ1v) is 12.4. The maximum Gasteiger partial charge on any atom is 0.251 e. The van der Waals surface area contributed by atoms with Crippen LogP contribution < -0.4 is 11.1 Å². The molecular weight excluding hydrogens is 512 g/mol. The Bertz CT molecular complexity index is 884. The molecule has 34 heavy (non-hydrogen) atoms. The largest absolute Gasteiger partial charge is 0.348 e. The maximum atomic E-state index is 12.8. The van der Waals surface area contributed by atoms with E-state index in [1.807, 2.05) is 36.4 Å². The Kier molecular flexibility index (Phi) is 13.8. The monoisotopic (exact) mass is 547 g/mol. The summed E-state index contributed by atoms with van der Waals surface area (Å²) in [6.07, 6.45) is 4.18. The number of likely N-dealkylation sites (tertiary alicyclic amines) is 1. The van der Waals surface area contributed by atoms with Crippen molar-refractivity contribution in [3.05, 3.63) is 69.2 Å². The first-order valence-electron chi connectivity index (χ1n) is 11.6. The van der Waals surface area contributed by atoms with Gasteiger partial charge in [0.15, 0.2) is 0 Å². The number of nitrogens with two attached hydrogens (primary N) is 1. The third kappa shape index (κ3) is 9.22. The Morgan fingerprint density at radius 1 is 1.03 bits per heavy atom. The highest BCUT2D eigenvalue weighted by atomic mass is 35.5. The third-order valence-corrected chi connectivity index (χ3v) is 7.18. The van der Waals surface area contributed by atoms with Crippen LogP contribution in [0.5, 0.6) is 0 Å². The minimum atomic E-state index is -0.00231. The zero-order valence-corrected chi connectivity index (χ0v) is 23.1. The van der Waals surface area contributed by atoms with Gasteiger partial charge in [-0.15, -0.1) is 24.8 Å². The molecule has 2 aromatic carbocycles. The Labute approximate surface area is 226 Å².